The van der Waals surface area contributed by atoms with Crippen molar-refractivity contribution in [3.63, 3.8) is 0 Å². The summed E-state index contributed by atoms with van der Waals surface area (Å²) in [6.45, 7) is 4.80. The Bertz CT molecular complexity index is 568. The van der Waals surface area contributed by atoms with Crippen LogP contribution in [0.4, 0.5) is 0 Å². The molecular formula is C15H19N3OS. The van der Waals surface area contributed by atoms with Gasteiger partial charge in [0.15, 0.2) is 0 Å². The smallest absolute Gasteiger partial charge is 0.263 e. The van der Waals surface area contributed by atoms with Crippen LogP contribution in [0.1, 0.15) is 28.3 Å². The average molecular weight is 289 g/mol. The number of aromatic nitrogens is 2. The lowest BCUT2D eigenvalue weighted by Crippen LogP contribution is -2.39. The molecule has 0 atom stereocenters. The van der Waals surface area contributed by atoms with Crippen molar-refractivity contribution in [3.05, 3.63) is 40.6 Å². The molecule has 1 amide bonds. The van der Waals surface area contributed by atoms with E-state index < -0.39 is 0 Å². The molecule has 0 radical (unpaired) electrons. The molecule has 106 valence electrons. The predicted molar refractivity (Wildman–Crippen MR) is 79.9 cm³/mol. The minimum absolute atomic E-state index is 0.192. The normalized spacial score (nSPS) is 16.6. The maximum atomic E-state index is 12.3. The van der Waals surface area contributed by atoms with Gasteiger partial charge in [0.1, 0.15) is 5.82 Å². The quantitative estimate of drug-likeness (QED) is 0.871. The summed E-state index contributed by atoms with van der Waals surface area (Å²) in [5.41, 5.74) is 0. The molecule has 1 aliphatic heterocycles. The van der Waals surface area contributed by atoms with Gasteiger partial charge >= 0.3 is 0 Å². The number of aryl methyl sites for hydroxylation is 1. The first-order chi connectivity index (χ1) is 9.74. The minimum Gasteiger partial charge on any atom is -0.338 e. The molecule has 2 aromatic rings. The van der Waals surface area contributed by atoms with Crippen LogP contribution in [0.3, 0.4) is 0 Å². The highest BCUT2D eigenvalue weighted by molar-refractivity contribution is 7.12. The highest BCUT2D eigenvalue weighted by Crippen LogP contribution is 2.22. The Balaban J connectivity index is 1.55. The van der Waals surface area contributed by atoms with Crippen LogP contribution in [0.25, 0.3) is 0 Å². The number of carbonyl (C=O) groups excluding carboxylic acids is 1. The molecule has 5 heteroatoms. The van der Waals surface area contributed by atoms with Crippen LogP contribution in [0.2, 0.25) is 0 Å². The van der Waals surface area contributed by atoms with E-state index in [0.717, 1.165) is 43.2 Å². The van der Waals surface area contributed by atoms with Crippen LogP contribution in [-0.2, 0) is 6.54 Å². The lowest BCUT2D eigenvalue weighted by atomic mass is 9.96. The highest BCUT2D eigenvalue weighted by atomic mass is 32.1. The third kappa shape index (κ3) is 2.77. The summed E-state index contributed by atoms with van der Waals surface area (Å²) in [5, 5.41) is 1.96. The number of likely N-dealkylation sites (tertiary alicyclic amines) is 1. The largest absolute Gasteiger partial charge is 0.338 e. The molecule has 0 saturated carbocycles. The number of rotatable bonds is 3. The number of hydrogen-bond acceptors (Lipinski definition) is 3. The number of thiophene rings is 1. The summed E-state index contributed by atoms with van der Waals surface area (Å²) in [5.74, 6) is 1.91. The van der Waals surface area contributed by atoms with Crippen LogP contribution in [-0.4, -0.2) is 33.4 Å². The first kappa shape index (κ1) is 13.4. The lowest BCUT2D eigenvalue weighted by molar-refractivity contribution is 0.0687. The summed E-state index contributed by atoms with van der Waals surface area (Å²) in [4.78, 5) is 19.4. The second-order valence-electron chi connectivity index (χ2n) is 5.34. The molecule has 0 N–H and O–H groups in total. The van der Waals surface area contributed by atoms with Crippen LogP contribution in [0.15, 0.2) is 29.9 Å². The molecule has 0 spiro atoms. The molecule has 0 aromatic carbocycles. The maximum Gasteiger partial charge on any atom is 0.263 e. The summed E-state index contributed by atoms with van der Waals surface area (Å²) >= 11 is 1.53. The van der Waals surface area contributed by atoms with E-state index in [-0.39, 0.29) is 5.91 Å². The topological polar surface area (TPSA) is 38.1 Å². The fourth-order valence-corrected chi connectivity index (χ4v) is 3.44. The summed E-state index contributed by atoms with van der Waals surface area (Å²) in [6, 6.07) is 3.85. The fourth-order valence-electron chi connectivity index (χ4n) is 2.75. The van der Waals surface area contributed by atoms with Gasteiger partial charge in [-0.1, -0.05) is 6.07 Å². The summed E-state index contributed by atoms with van der Waals surface area (Å²) in [6.07, 6.45) is 6.05. The van der Waals surface area contributed by atoms with Gasteiger partial charge in [-0.05, 0) is 37.1 Å². The van der Waals surface area contributed by atoms with Gasteiger partial charge in [-0.25, -0.2) is 4.98 Å². The second kappa shape index (κ2) is 5.79. The van der Waals surface area contributed by atoms with Gasteiger partial charge < -0.3 is 9.47 Å². The van der Waals surface area contributed by atoms with Crippen LogP contribution in [0.5, 0.6) is 0 Å². The third-order valence-corrected chi connectivity index (χ3v) is 4.87. The van der Waals surface area contributed by atoms with Gasteiger partial charge in [-0.2, -0.15) is 0 Å². The fraction of sp³-hybridized carbons (Fsp3) is 0.467. The average Bonchev–Trinajstić information content (AvgIpc) is 3.12. The molecule has 1 aliphatic rings. The van der Waals surface area contributed by atoms with Crippen molar-refractivity contribution in [2.45, 2.75) is 26.3 Å². The van der Waals surface area contributed by atoms with E-state index in [1.165, 1.54) is 11.3 Å². The zero-order valence-corrected chi connectivity index (χ0v) is 12.5. The molecular weight excluding hydrogens is 270 g/mol. The lowest BCUT2D eigenvalue weighted by Gasteiger charge is -2.32. The van der Waals surface area contributed by atoms with E-state index in [1.54, 1.807) is 0 Å². The van der Waals surface area contributed by atoms with Crippen molar-refractivity contribution >= 4 is 17.2 Å². The van der Waals surface area contributed by atoms with Crippen molar-refractivity contribution in [1.82, 2.24) is 14.5 Å². The Kier molecular flexibility index (Phi) is 3.87. The van der Waals surface area contributed by atoms with E-state index in [1.807, 2.05) is 41.7 Å². The van der Waals surface area contributed by atoms with E-state index >= 15 is 0 Å². The molecule has 0 bridgehead atoms. The Morgan fingerprint density at radius 1 is 1.45 bits per heavy atom. The van der Waals surface area contributed by atoms with Crippen molar-refractivity contribution in [2.24, 2.45) is 5.92 Å². The minimum atomic E-state index is 0.192. The third-order valence-electron chi connectivity index (χ3n) is 4.01. The molecule has 0 aliphatic carbocycles. The number of piperidine rings is 1. The highest BCUT2D eigenvalue weighted by Gasteiger charge is 2.24. The molecule has 3 heterocycles. The summed E-state index contributed by atoms with van der Waals surface area (Å²) < 4.78 is 2.21. The number of imidazole rings is 1. The second-order valence-corrected chi connectivity index (χ2v) is 6.29. The van der Waals surface area contributed by atoms with Crippen LogP contribution >= 0.6 is 11.3 Å². The van der Waals surface area contributed by atoms with E-state index in [9.17, 15) is 4.79 Å². The Morgan fingerprint density at radius 2 is 2.25 bits per heavy atom. The van der Waals surface area contributed by atoms with Gasteiger partial charge in [0, 0.05) is 32.0 Å². The Morgan fingerprint density at radius 3 is 2.85 bits per heavy atom. The van der Waals surface area contributed by atoms with Gasteiger partial charge in [-0.15, -0.1) is 11.3 Å². The molecule has 20 heavy (non-hydrogen) atoms. The van der Waals surface area contributed by atoms with Crippen LogP contribution < -0.4 is 0 Å². The Hall–Kier alpha value is -1.62. The molecule has 0 unspecified atom stereocenters. The number of nitrogens with zero attached hydrogens (tertiary/aromatic N) is 3. The first-order valence-corrected chi connectivity index (χ1v) is 7.92. The molecule has 1 saturated heterocycles. The zero-order chi connectivity index (χ0) is 13.9. The van der Waals surface area contributed by atoms with Crippen molar-refractivity contribution in [1.29, 1.82) is 0 Å². The molecule has 4 nitrogen and oxygen atoms in total. The zero-order valence-electron chi connectivity index (χ0n) is 11.7. The van der Waals surface area contributed by atoms with Gasteiger partial charge in [0.25, 0.3) is 5.91 Å². The molecule has 3 rings (SSSR count). The van der Waals surface area contributed by atoms with E-state index in [2.05, 4.69) is 9.55 Å². The number of hydrogen-bond donors (Lipinski definition) is 0. The standard InChI is InChI=1S/C15H19N3OS/c1-12-16-6-9-18(12)11-13-4-7-17(8-5-13)15(19)14-3-2-10-20-14/h2-3,6,9-10,13H,4-5,7-8,11H2,1H3. The summed E-state index contributed by atoms with van der Waals surface area (Å²) in [7, 11) is 0. The number of carbonyl (C=O) groups is 1. The monoisotopic (exact) mass is 289 g/mol. The SMILES string of the molecule is Cc1nccn1CC1CCN(C(=O)c2cccs2)CC1. The van der Waals surface area contributed by atoms with Gasteiger partial charge in [0.05, 0.1) is 4.88 Å². The van der Waals surface area contributed by atoms with E-state index in [0.29, 0.717) is 5.92 Å². The number of amides is 1. The van der Waals surface area contributed by atoms with Crippen molar-refractivity contribution < 1.29 is 4.79 Å². The maximum absolute atomic E-state index is 12.3. The van der Waals surface area contributed by atoms with Crippen LogP contribution in [0, 0.1) is 12.8 Å². The molecule has 1 fully saturated rings. The first-order valence-electron chi connectivity index (χ1n) is 7.04. The molecule has 2 aromatic heterocycles. The van der Waals surface area contributed by atoms with E-state index in [4.69, 9.17) is 0 Å². The van der Waals surface area contributed by atoms with Gasteiger partial charge in [0.2, 0.25) is 0 Å². The van der Waals surface area contributed by atoms with Crippen molar-refractivity contribution in [3.8, 4) is 0 Å². The predicted octanol–water partition coefficient (Wildman–Crippen LogP) is 2.81. The van der Waals surface area contributed by atoms with Crippen molar-refractivity contribution in [2.75, 3.05) is 13.1 Å². The Labute approximate surface area is 123 Å². The van der Waals surface area contributed by atoms with Gasteiger partial charge in [-0.3, -0.25) is 4.79 Å².